The third-order valence-corrected chi connectivity index (χ3v) is 2.68. The molecule has 1 saturated heterocycles. The number of hydrogen-bond acceptors (Lipinski definition) is 5. The van der Waals surface area contributed by atoms with Gasteiger partial charge in [-0.05, 0) is 19.4 Å². The van der Waals surface area contributed by atoms with Gasteiger partial charge in [0.05, 0.1) is 11.9 Å². The zero-order valence-corrected chi connectivity index (χ0v) is 9.66. The van der Waals surface area contributed by atoms with Crippen LogP contribution in [0, 0.1) is 0 Å². The van der Waals surface area contributed by atoms with Gasteiger partial charge in [0, 0.05) is 6.92 Å². The highest BCUT2D eigenvalue weighted by molar-refractivity contribution is 5.90. The van der Waals surface area contributed by atoms with Gasteiger partial charge in [0.25, 0.3) is 0 Å². The summed E-state index contributed by atoms with van der Waals surface area (Å²) in [5, 5.41) is 3.06. The lowest BCUT2D eigenvalue weighted by Gasteiger charge is -2.08. The molecule has 0 radical (unpaired) electrons. The predicted molar refractivity (Wildman–Crippen MR) is 59.4 cm³/mol. The van der Waals surface area contributed by atoms with E-state index in [-0.39, 0.29) is 30.2 Å². The van der Waals surface area contributed by atoms with Crippen LogP contribution in [0.1, 0.15) is 36.1 Å². The Labute approximate surface area is 98.8 Å². The highest BCUT2D eigenvalue weighted by Gasteiger charge is 2.23. The third kappa shape index (κ3) is 2.91. The van der Waals surface area contributed by atoms with E-state index in [2.05, 4.69) is 15.3 Å². The summed E-state index contributed by atoms with van der Waals surface area (Å²) < 4.78 is 5.12. The number of ketones is 1. The smallest absolute Gasteiger partial charge is 0.323 e. The number of hydrogen-bond donors (Lipinski definition) is 2. The lowest BCUT2D eigenvalue weighted by Crippen LogP contribution is -2.32. The lowest BCUT2D eigenvalue weighted by molar-refractivity contribution is -0.147. The van der Waals surface area contributed by atoms with E-state index in [4.69, 9.17) is 4.74 Å². The Balaban J connectivity index is 1.84. The quantitative estimate of drug-likeness (QED) is 0.585. The Hall–Kier alpha value is -1.69. The van der Waals surface area contributed by atoms with E-state index < -0.39 is 0 Å². The number of imidazole rings is 1. The van der Waals surface area contributed by atoms with Crippen LogP contribution >= 0.6 is 0 Å². The molecular formula is C11H15N3O3. The standard InChI is InChI=1S/C11H15N3O3/c1-7(15)10-13-5-8(14-10)6-17-11(16)9-3-2-4-12-9/h5,9,12H,2-4,6H2,1H3,(H,13,14)/t9-/m0/s1. The summed E-state index contributed by atoms with van der Waals surface area (Å²) in [6, 6.07) is -0.190. The molecular weight excluding hydrogens is 222 g/mol. The summed E-state index contributed by atoms with van der Waals surface area (Å²) in [4.78, 5) is 29.2. The number of carbonyl (C=O) groups is 2. The molecule has 2 rings (SSSR count). The van der Waals surface area contributed by atoms with E-state index in [0.29, 0.717) is 5.69 Å². The molecule has 1 atom stereocenters. The number of nitrogens with zero attached hydrogens (tertiary/aromatic N) is 1. The second kappa shape index (κ2) is 5.09. The lowest BCUT2D eigenvalue weighted by atomic mass is 10.2. The molecule has 2 N–H and O–H groups in total. The van der Waals surface area contributed by atoms with E-state index >= 15 is 0 Å². The SMILES string of the molecule is CC(=O)c1ncc(COC(=O)[C@@H]2CCCN2)[nH]1. The molecule has 0 bridgehead atoms. The van der Waals surface area contributed by atoms with Crippen molar-refractivity contribution in [1.82, 2.24) is 15.3 Å². The van der Waals surface area contributed by atoms with Crippen LogP contribution in [-0.4, -0.2) is 34.3 Å². The van der Waals surface area contributed by atoms with Crippen molar-refractivity contribution >= 4 is 11.8 Å². The van der Waals surface area contributed by atoms with Gasteiger partial charge in [-0.2, -0.15) is 0 Å². The molecule has 0 unspecified atom stereocenters. The first-order chi connectivity index (χ1) is 8.16. The van der Waals surface area contributed by atoms with Crippen molar-refractivity contribution in [3.63, 3.8) is 0 Å². The summed E-state index contributed by atoms with van der Waals surface area (Å²) in [5.74, 6) is -0.100. The van der Waals surface area contributed by atoms with Crippen LogP contribution in [0.25, 0.3) is 0 Å². The van der Waals surface area contributed by atoms with E-state index in [0.717, 1.165) is 19.4 Å². The van der Waals surface area contributed by atoms with E-state index in [1.807, 2.05) is 0 Å². The zero-order chi connectivity index (χ0) is 12.3. The number of carbonyl (C=O) groups excluding carboxylic acids is 2. The van der Waals surface area contributed by atoms with Crippen LogP contribution in [0.5, 0.6) is 0 Å². The van der Waals surface area contributed by atoms with Gasteiger partial charge in [-0.1, -0.05) is 0 Å². The molecule has 1 aromatic heterocycles. The number of Topliss-reactive ketones (excluding diaryl/α,β-unsaturated/α-hetero) is 1. The minimum absolute atomic E-state index is 0.122. The summed E-state index contributed by atoms with van der Waals surface area (Å²) in [5.41, 5.74) is 0.626. The summed E-state index contributed by atoms with van der Waals surface area (Å²) >= 11 is 0. The van der Waals surface area contributed by atoms with Crippen molar-refractivity contribution in [3.05, 3.63) is 17.7 Å². The zero-order valence-electron chi connectivity index (χ0n) is 9.66. The molecule has 0 amide bonds. The van der Waals surface area contributed by atoms with E-state index in [1.165, 1.54) is 13.1 Å². The first kappa shape index (κ1) is 11.8. The molecule has 1 aromatic rings. The Bertz CT molecular complexity index is 421. The molecule has 92 valence electrons. The van der Waals surface area contributed by atoms with E-state index in [1.54, 1.807) is 0 Å². The Morgan fingerprint density at radius 2 is 2.41 bits per heavy atom. The number of H-pyrrole nitrogens is 1. The van der Waals surface area contributed by atoms with Crippen LogP contribution in [0.15, 0.2) is 6.20 Å². The molecule has 1 aliphatic heterocycles. The first-order valence-electron chi connectivity index (χ1n) is 5.61. The number of aromatic nitrogens is 2. The summed E-state index contributed by atoms with van der Waals surface area (Å²) in [7, 11) is 0. The maximum absolute atomic E-state index is 11.6. The molecule has 0 spiro atoms. The topological polar surface area (TPSA) is 84.1 Å². The maximum Gasteiger partial charge on any atom is 0.323 e. The Morgan fingerprint density at radius 1 is 1.59 bits per heavy atom. The molecule has 2 heterocycles. The van der Waals surface area contributed by atoms with Gasteiger partial charge in [0.1, 0.15) is 12.6 Å². The average molecular weight is 237 g/mol. The normalized spacial score (nSPS) is 19.2. The molecule has 1 aliphatic rings. The van der Waals surface area contributed by atoms with Crippen LogP contribution in [-0.2, 0) is 16.1 Å². The van der Waals surface area contributed by atoms with Crippen LogP contribution in [0.4, 0.5) is 0 Å². The summed E-state index contributed by atoms with van der Waals surface area (Å²) in [6.45, 7) is 2.41. The Morgan fingerprint density at radius 3 is 3.00 bits per heavy atom. The van der Waals surface area contributed by atoms with E-state index in [9.17, 15) is 9.59 Å². The van der Waals surface area contributed by atoms with Crippen molar-refractivity contribution in [1.29, 1.82) is 0 Å². The highest BCUT2D eigenvalue weighted by atomic mass is 16.5. The predicted octanol–water partition coefficient (Wildman–Crippen LogP) is 0.407. The fourth-order valence-electron chi connectivity index (χ4n) is 1.75. The second-order valence-electron chi connectivity index (χ2n) is 4.07. The minimum Gasteiger partial charge on any atom is -0.458 e. The van der Waals surface area contributed by atoms with Crippen LogP contribution in [0.2, 0.25) is 0 Å². The molecule has 0 saturated carbocycles. The second-order valence-corrected chi connectivity index (χ2v) is 4.07. The van der Waals surface area contributed by atoms with Gasteiger partial charge < -0.3 is 15.0 Å². The number of rotatable bonds is 4. The van der Waals surface area contributed by atoms with Crippen molar-refractivity contribution in [2.24, 2.45) is 0 Å². The van der Waals surface area contributed by atoms with Gasteiger partial charge in [-0.25, -0.2) is 4.98 Å². The largest absolute Gasteiger partial charge is 0.458 e. The van der Waals surface area contributed by atoms with Crippen molar-refractivity contribution in [3.8, 4) is 0 Å². The minimum atomic E-state index is -0.249. The molecule has 0 aliphatic carbocycles. The van der Waals surface area contributed by atoms with Crippen LogP contribution in [0.3, 0.4) is 0 Å². The molecule has 6 nitrogen and oxygen atoms in total. The molecule has 0 aromatic carbocycles. The number of esters is 1. The average Bonchev–Trinajstić information content (AvgIpc) is 2.97. The number of aromatic amines is 1. The van der Waals surface area contributed by atoms with Crippen LogP contribution < -0.4 is 5.32 Å². The fraction of sp³-hybridized carbons (Fsp3) is 0.545. The molecule has 17 heavy (non-hydrogen) atoms. The van der Waals surface area contributed by atoms with Crippen molar-refractivity contribution < 1.29 is 14.3 Å². The molecule has 6 heteroatoms. The third-order valence-electron chi connectivity index (χ3n) is 2.68. The fourth-order valence-corrected chi connectivity index (χ4v) is 1.75. The Kier molecular flexibility index (Phi) is 3.53. The number of ether oxygens (including phenoxy) is 1. The van der Waals surface area contributed by atoms with Gasteiger partial charge in [-0.15, -0.1) is 0 Å². The molecule has 1 fully saturated rings. The monoisotopic (exact) mass is 237 g/mol. The summed E-state index contributed by atoms with van der Waals surface area (Å²) in [6.07, 6.45) is 3.32. The van der Waals surface area contributed by atoms with Gasteiger partial charge in [0.2, 0.25) is 0 Å². The first-order valence-corrected chi connectivity index (χ1v) is 5.61. The van der Waals surface area contributed by atoms with Gasteiger partial charge in [0.15, 0.2) is 11.6 Å². The highest BCUT2D eigenvalue weighted by Crippen LogP contribution is 2.08. The van der Waals surface area contributed by atoms with Gasteiger partial charge in [-0.3, -0.25) is 9.59 Å². The van der Waals surface area contributed by atoms with Crippen molar-refractivity contribution in [2.75, 3.05) is 6.54 Å². The maximum atomic E-state index is 11.6. The van der Waals surface area contributed by atoms with Crippen molar-refractivity contribution in [2.45, 2.75) is 32.4 Å². The number of nitrogens with one attached hydrogen (secondary N) is 2. The van der Waals surface area contributed by atoms with Gasteiger partial charge >= 0.3 is 5.97 Å².